The highest BCUT2D eigenvalue weighted by Crippen LogP contribution is 2.31. The zero-order chi connectivity index (χ0) is 18.8. The van der Waals surface area contributed by atoms with Crippen LogP contribution < -0.4 is 10.2 Å². The van der Waals surface area contributed by atoms with Crippen molar-refractivity contribution in [1.82, 2.24) is 25.1 Å². The van der Waals surface area contributed by atoms with Gasteiger partial charge >= 0.3 is 0 Å². The van der Waals surface area contributed by atoms with E-state index in [1.807, 2.05) is 30.6 Å². The second-order valence-electron chi connectivity index (χ2n) is 6.71. The van der Waals surface area contributed by atoms with Gasteiger partial charge in [-0.15, -0.1) is 21.5 Å². The first-order chi connectivity index (χ1) is 13.2. The Labute approximate surface area is 162 Å². The first-order valence-corrected chi connectivity index (χ1v) is 9.89. The van der Waals surface area contributed by atoms with E-state index in [1.165, 1.54) is 5.56 Å². The molecule has 0 radical (unpaired) electrons. The number of anilines is 1. The summed E-state index contributed by atoms with van der Waals surface area (Å²) >= 11 is 1.58. The fourth-order valence-corrected chi connectivity index (χ4v) is 4.28. The van der Waals surface area contributed by atoms with Crippen molar-refractivity contribution in [3.63, 3.8) is 0 Å². The van der Waals surface area contributed by atoms with Crippen LogP contribution in [-0.4, -0.2) is 45.8 Å². The lowest BCUT2D eigenvalue weighted by Gasteiger charge is -2.19. The summed E-state index contributed by atoms with van der Waals surface area (Å²) in [6.45, 7) is 4.13. The molecule has 8 heteroatoms. The molecule has 1 saturated heterocycles. The first-order valence-electron chi connectivity index (χ1n) is 9.01. The summed E-state index contributed by atoms with van der Waals surface area (Å²) in [6, 6.07) is 10.3. The number of amides is 1. The van der Waals surface area contributed by atoms with Crippen molar-refractivity contribution in [3.8, 4) is 10.7 Å². The molecule has 0 bridgehead atoms. The van der Waals surface area contributed by atoms with Gasteiger partial charge in [0.1, 0.15) is 0 Å². The lowest BCUT2D eigenvalue weighted by Crippen LogP contribution is -2.31. The van der Waals surface area contributed by atoms with Gasteiger partial charge in [0.05, 0.1) is 28.5 Å². The number of rotatable bonds is 5. The van der Waals surface area contributed by atoms with Crippen LogP contribution in [0.15, 0.2) is 35.8 Å². The number of thiazole rings is 1. The first kappa shape index (κ1) is 17.7. The lowest BCUT2D eigenvalue weighted by molar-refractivity contribution is -0.123. The number of hydrogen-bond donors (Lipinski definition) is 1. The molecule has 4 rings (SSSR count). The largest absolute Gasteiger partial charge is 0.359 e. The van der Waals surface area contributed by atoms with Crippen molar-refractivity contribution in [3.05, 3.63) is 47.1 Å². The van der Waals surface area contributed by atoms with Gasteiger partial charge < -0.3 is 10.2 Å². The monoisotopic (exact) mass is 382 g/mol. The van der Waals surface area contributed by atoms with Gasteiger partial charge in [0.25, 0.3) is 0 Å². The molecule has 1 aromatic carbocycles. The molecule has 3 heterocycles. The summed E-state index contributed by atoms with van der Waals surface area (Å²) in [5.74, 6) is 1.72. The molecular formula is C19H22N6OS. The van der Waals surface area contributed by atoms with E-state index >= 15 is 0 Å². The second-order valence-corrected chi connectivity index (χ2v) is 7.56. The van der Waals surface area contributed by atoms with Crippen molar-refractivity contribution in [2.75, 3.05) is 25.0 Å². The molecule has 0 saturated carbocycles. The van der Waals surface area contributed by atoms with Crippen LogP contribution in [0.5, 0.6) is 0 Å². The van der Waals surface area contributed by atoms with Gasteiger partial charge in [-0.1, -0.05) is 30.3 Å². The Bertz CT molecular complexity index is 935. The van der Waals surface area contributed by atoms with E-state index < -0.39 is 0 Å². The third-order valence-corrected chi connectivity index (χ3v) is 5.88. The normalized spacial score (nSPS) is 16.7. The second kappa shape index (κ2) is 7.48. The molecule has 0 spiro atoms. The minimum absolute atomic E-state index is 0.00883. The fraction of sp³-hybridized carbons (Fsp3) is 0.368. The highest BCUT2D eigenvalue weighted by Gasteiger charge is 2.31. The topological polar surface area (TPSA) is 75.9 Å². The van der Waals surface area contributed by atoms with E-state index in [-0.39, 0.29) is 11.8 Å². The molecule has 1 fully saturated rings. The third kappa shape index (κ3) is 3.44. The van der Waals surface area contributed by atoms with Crippen LogP contribution in [0.25, 0.3) is 10.7 Å². The van der Waals surface area contributed by atoms with Gasteiger partial charge in [0, 0.05) is 20.1 Å². The number of nitrogens with zero attached hydrogens (tertiary/aromatic N) is 5. The maximum atomic E-state index is 12.0. The van der Waals surface area contributed by atoms with Gasteiger partial charge in [-0.2, -0.15) is 0 Å². The van der Waals surface area contributed by atoms with Crippen LogP contribution in [0.1, 0.15) is 17.7 Å². The number of nitrogens with one attached hydrogen (secondary N) is 1. The van der Waals surface area contributed by atoms with Crippen LogP contribution >= 0.6 is 11.3 Å². The maximum Gasteiger partial charge on any atom is 0.227 e. The molecule has 1 amide bonds. The zero-order valence-corrected chi connectivity index (χ0v) is 16.2. The highest BCUT2D eigenvalue weighted by molar-refractivity contribution is 7.13. The molecule has 27 heavy (non-hydrogen) atoms. The van der Waals surface area contributed by atoms with Crippen molar-refractivity contribution in [1.29, 1.82) is 0 Å². The van der Waals surface area contributed by atoms with Crippen LogP contribution in [-0.2, 0) is 11.3 Å². The summed E-state index contributed by atoms with van der Waals surface area (Å²) in [7, 11) is 1.69. The molecule has 3 aromatic rings. The highest BCUT2D eigenvalue weighted by atomic mass is 32.1. The fourth-order valence-electron chi connectivity index (χ4n) is 3.48. The Balaban J connectivity index is 1.70. The molecule has 1 atom stereocenters. The Hall–Kier alpha value is -2.74. The Morgan fingerprint density at radius 2 is 2.11 bits per heavy atom. The van der Waals surface area contributed by atoms with Crippen molar-refractivity contribution in [2.24, 2.45) is 5.92 Å². The minimum Gasteiger partial charge on any atom is -0.359 e. The average molecular weight is 382 g/mol. The minimum atomic E-state index is -0.00883. The summed E-state index contributed by atoms with van der Waals surface area (Å²) in [4.78, 5) is 19.6. The number of hydrogen-bond acceptors (Lipinski definition) is 6. The summed E-state index contributed by atoms with van der Waals surface area (Å²) in [5, 5.41) is 11.7. The number of carbonyl (C=O) groups is 1. The number of benzene rings is 1. The summed E-state index contributed by atoms with van der Waals surface area (Å²) in [5.41, 5.74) is 3.98. The molecule has 0 aliphatic carbocycles. The molecule has 1 N–H and O–H groups in total. The van der Waals surface area contributed by atoms with Crippen LogP contribution in [0.2, 0.25) is 0 Å². The van der Waals surface area contributed by atoms with E-state index in [9.17, 15) is 4.79 Å². The smallest absolute Gasteiger partial charge is 0.227 e. The predicted octanol–water partition coefficient (Wildman–Crippen LogP) is 2.33. The van der Waals surface area contributed by atoms with Crippen molar-refractivity contribution < 1.29 is 4.79 Å². The molecule has 140 valence electrons. The Morgan fingerprint density at radius 3 is 2.81 bits per heavy atom. The number of aryl methyl sites for hydroxylation is 1. The summed E-state index contributed by atoms with van der Waals surface area (Å²) < 4.78 is 2.14. The third-order valence-electron chi connectivity index (χ3n) is 4.95. The molecular weight excluding hydrogens is 360 g/mol. The van der Waals surface area contributed by atoms with E-state index in [2.05, 4.69) is 42.1 Å². The number of aromatic nitrogens is 4. The van der Waals surface area contributed by atoms with Crippen LogP contribution in [0.3, 0.4) is 0 Å². The lowest BCUT2D eigenvalue weighted by atomic mass is 10.1. The molecule has 1 unspecified atom stereocenters. The van der Waals surface area contributed by atoms with E-state index in [0.29, 0.717) is 13.1 Å². The molecule has 1 aliphatic rings. The predicted molar refractivity (Wildman–Crippen MR) is 106 cm³/mol. The van der Waals surface area contributed by atoms with Crippen molar-refractivity contribution >= 4 is 23.2 Å². The van der Waals surface area contributed by atoms with E-state index in [1.54, 1.807) is 18.4 Å². The van der Waals surface area contributed by atoms with Crippen molar-refractivity contribution in [2.45, 2.75) is 19.9 Å². The molecule has 7 nitrogen and oxygen atoms in total. The maximum absolute atomic E-state index is 12.0. The summed E-state index contributed by atoms with van der Waals surface area (Å²) in [6.07, 6.45) is 0.826. The Morgan fingerprint density at radius 1 is 1.30 bits per heavy atom. The van der Waals surface area contributed by atoms with Crippen LogP contribution in [0, 0.1) is 12.8 Å². The molecule has 2 aromatic heterocycles. The van der Waals surface area contributed by atoms with Gasteiger partial charge in [0.15, 0.2) is 5.82 Å². The van der Waals surface area contributed by atoms with Gasteiger partial charge in [0.2, 0.25) is 11.9 Å². The van der Waals surface area contributed by atoms with Gasteiger partial charge in [-0.25, -0.2) is 4.98 Å². The molecule has 1 aliphatic heterocycles. The number of carbonyl (C=O) groups excluding carboxylic acids is 1. The zero-order valence-electron chi connectivity index (χ0n) is 15.4. The quantitative estimate of drug-likeness (QED) is 0.733. The average Bonchev–Trinajstić information content (AvgIpc) is 3.41. The SMILES string of the molecule is CNC(=O)C1CCN(c2nnc(-c3scnc3C)n2Cc2ccccc2)C1. The van der Waals surface area contributed by atoms with E-state index in [0.717, 1.165) is 35.3 Å². The van der Waals surface area contributed by atoms with Crippen LogP contribution in [0.4, 0.5) is 5.95 Å². The van der Waals surface area contributed by atoms with Gasteiger partial charge in [-0.3, -0.25) is 9.36 Å². The Kier molecular flexibility index (Phi) is 4.89. The standard InChI is InChI=1S/C19H22N6OS/c1-13-16(27-12-21-13)17-22-23-19(24-9-8-15(11-24)18(26)20-2)25(17)10-14-6-4-3-5-7-14/h3-7,12,15H,8-11H2,1-2H3,(H,20,26). The van der Waals surface area contributed by atoms with E-state index in [4.69, 9.17) is 0 Å². The van der Waals surface area contributed by atoms with Gasteiger partial charge in [-0.05, 0) is 18.9 Å².